The molecule has 0 bridgehead atoms. The van der Waals surface area contributed by atoms with Crippen molar-refractivity contribution in [1.29, 1.82) is 0 Å². The van der Waals surface area contributed by atoms with Crippen LogP contribution in [0.3, 0.4) is 0 Å². The molecule has 9 nitrogen and oxygen atoms in total. The number of carboxylic acid groups (broad SMARTS) is 1. The molecule has 0 radical (unpaired) electrons. The summed E-state index contributed by atoms with van der Waals surface area (Å²) < 4.78 is 16.3. The van der Waals surface area contributed by atoms with Gasteiger partial charge in [-0.3, -0.25) is 5.32 Å². The van der Waals surface area contributed by atoms with E-state index in [1.54, 1.807) is 19.5 Å². The molecule has 0 unspecified atom stereocenters. The van der Waals surface area contributed by atoms with Crippen molar-refractivity contribution < 1.29 is 24.1 Å². The standard InChI is InChI=1S/C24H26N4O5/c1-15-11-20(27-24(29)30)22(17-7-9-32-10-8-17)28-21(15)18-12-25-23(26-13-18)33-14-16-3-5-19(31-2)6-4-16/h3-6,11-13,17,27H,7-10,14H2,1-2H3,(H,29,30). The first-order valence-corrected chi connectivity index (χ1v) is 10.7. The maximum Gasteiger partial charge on any atom is 0.409 e. The number of methoxy groups -OCH3 is 1. The van der Waals surface area contributed by atoms with Gasteiger partial charge in [0.05, 0.1) is 24.2 Å². The fourth-order valence-electron chi connectivity index (χ4n) is 3.80. The monoisotopic (exact) mass is 450 g/mol. The van der Waals surface area contributed by atoms with Gasteiger partial charge in [0, 0.05) is 37.1 Å². The van der Waals surface area contributed by atoms with Gasteiger partial charge in [0.2, 0.25) is 0 Å². The van der Waals surface area contributed by atoms with Crippen LogP contribution in [-0.4, -0.2) is 46.5 Å². The first-order valence-electron chi connectivity index (χ1n) is 10.7. The molecule has 2 aromatic heterocycles. The summed E-state index contributed by atoms with van der Waals surface area (Å²) in [5, 5.41) is 11.7. The number of pyridine rings is 1. The lowest BCUT2D eigenvalue weighted by Gasteiger charge is -2.24. The van der Waals surface area contributed by atoms with Crippen LogP contribution in [0.4, 0.5) is 10.5 Å². The second-order valence-corrected chi connectivity index (χ2v) is 7.79. The van der Waals surface area contributed by atoms with E-state index in [9.17, 15) is 9.90 Å². The van der Waals surface area contributed by atoms with Gasteiger partial charge in [0.15, 0.2) is 0 Å². The van der Waals surface area contributed by atoms with Crippen LogP contribution in [0.5, 0.6) is 11.8 Å². The molecular weight excluding hydrogens is 424 g/mol. The molecule has 0 saturated carbocycles. The SMILES string of the molecule is COc1ccc(COc2ncc(-c3nc(C4CCOCC4)c(NC(=O)O)cc3C)cn2)cc1. The molecule has 172 valence electrons. The zero-order valence-corrected chi connectivity index (χ0v) is 18.6. The van der Waals surface area contributed by atoms with Crippen LogP contribution in [0.15, 0.2) is 42.7 Å². The molecule has 1 aliphatic rings. The molecule has 1 aromatic carbocycles. The number of hydrogen-bond donors (Lipinski definition) is 2. The molecule has 1 fully saturated rings. The highest BCUT2D eigenvalue weighted by molar-refractivity contribution is 5.84. The summed E-state index contributed by atoms with van der Waals surface area (Å²) in [6.07, 6.45) is 3.81. The Morgan fingerprint density at radius 3 is 2.52 bits per heavy atom. The van der Waals surface area contributed by atoms with Crippen LogP contribution in [0.25, 0.3) is 11.3 Å². The van der Waals surface area contributed by atoms with Crippen LogP contribution in [0.2, 0.25) is 0 Å². The quantitative estimate of drug-likeness (QED) is 0.544. The number of benzene rings is 1. The number of aryl methyl sites for hydroxylation is 1. The lowest BCUT2D eigenvalue weighted by molar-refractivity contribution is 0.0846. The second-order valence-electron chi connectivity index (χ2n) is 7.79. The molecule has 4 rings (SSSR count). The maximum atomic E-state index is 11.3. The van der Waals surface area contributed by atoms with Gasteiger partial charge in [-0.1, -0.05) is 12.1 Å². The minimum atomic E-state index is -1.11. The lowest BCUT2D eigenvalue weighted by atomic mass is 9.93. The summed E-state index contributed by atoms with van der Waals surface area (Å²) in [6.45, 7) is 3.48. The Labute approximate surface area is 191 Å². The lowest BCUT2D eigenvalue weighted by Crippen LogP contribution is -2.19. The van der Waals surface area contributed by atoms with Crippen molar-refractivity contribution in [3.8, 4) is 23.0 Å². The third-order valence-corrected chi connectivity index (χ3v) is 5.52. The highest BCUT2D eigenvalue weighted by Gasteiger charge is 2.23. The van der Waals surface area contributed by atoms with Crippen molar-refractivity contribution in [2.45, 2.75) is 32.3 Å². The third kappa shape index (κ3) is 5.56. The Balaban J connectivity index is 1.54. The van der Waals surface area contributed by atoms with E-state index in [1.807, 2.05) is 37.3 Å². The smallest absolute Gasteiger partial charge is 0.409 e. The van der Waals surface area contributed by atoms with Crippen molar-refractivity contribution in [2.75, 3.05) is 25.6 Å². The van der Waals surface area contributed by atoms with Crippen LogP contribution < -0.4 is 14.8 Å². The minimum Gasteiger partial charge on any atom is -0.497 e. The van der Waals surface area contributed by atoms with E-state index < -0.39 is 6.09 Å². The van der Waals surface area contributed by atoms with E-state index in [0.717, 1.165) is 41.0 Å². The van der Waals surface area contributed by atoms with Crippen LogP contribution >= 0.6 is 0 Å². The number of amides is 1. The van der Waals surface area contributed by atoms with E-state index in [0.29, 0.717) is 31.2 Å². The van der Waals surface area contributed by atoms with Crippen molar-refractivity contribution in [3.05, 3.63) is 59.5 Å². The van der Waals surface area contributed by atoms with Gasteiger partial charge in [0.25, 0.3) is 0 Å². The van der Waals surface area contributed by atoms with Gasteiger partial charge in [-0.25, -0.2) is 19.7 Å². The summed E-state index contributed by atoms with van der Waals surface area (Å²) in [5.41, 5.74) is 4.49. The predicted octanol–water partition coefficient (Wildman–Crippen LogP) is 4.42. The minimum absolute atomic E-state index is 0.118. The van der Waals surface area contributed by atoms with Crippen molar-refractivity contribution >= 4 is 11.8 Å². The van der Waals surface area contributed by atoms with Gasteiger partial charge in [-0.2, -0.15) is 0 Å². The fourth-order valence-corrected chi connectivity index (χ4v) is 3.80. The first kappa shape index (κ1) is 22.5. The number of rotatable bonds is 7. The molecule has 1 amide bonds. The zero-order valence-electron chi connectivity index (χ0n) is 18.6. The van der Waals surface area contributed by atoms with Crippen molar-refractivity contribution in [2.24, 2.45) is 0 Å². The van der Waals surface area contributed by atoms with Gasteiger partial charge in [-0.15, -0.1) is 0 Å². The molecule has 0 aliphatic carbocycles. The number of nitrogens with one attached hydrogen (secondary N) is 1. The Bertz CT molecular complexity index is 1100. The Morgan fingerprint density at radius 1 is 1.18 bits per heavy atom. The van der Waals surface area contributed by atoms with Crippen LogP contribution in [0.1, 0.15) is 35.6 Å². The van der Waals surface area contributed by atoms with Gasteiger partial charge < -0.3 is 19.3 Å². The maximum absolute atomic E-state index is 11.3. The van der Waals surface area contributed by atoms with Crippen molar-refractivity contribution in [1.82, 2.24) is 15.0 Å². The van der Waals surface area contributed by atoms with E-state index in [2.05, 4.69) is 15.3 Å². The number of ether oxygens (including phenoxy) is 3. The van der Waals surface area contributed by atoms with E-state index in [-0.39, 0.29) is 11.9 Å². The average Bonchev–Trinajstić information content (AvgIpc) is 2.84. The molecular formula is C24H26N4O5. The number of anilines is 1. The van der Waals surface area contributed by atoms with E-state index in [1.165, 1.54) is 0 Å². The Kier molecular flexibility index (Phi) is 6.99. The first-order chi connectivity index (χ1) is 16.0. The molecule has 3 heterocycles. The number of carbonyl (C=O) groups is 1. The molecule has 2 N–H and O–H groups in total. The second kappa shape index (κ2) is 10.3. The molecule has 3 aromatic rings. The predicted molar refractivity (Wildman–Crippen MR) is 122 cm³/mol. The summed E-state index contributed by atoms with van der Waals surface area (Å²) in [7, 11) is 1.63. The van der Waals surface area contributed by atoms with Gasteiger partial charge >= 0.3 is 12.1 Å². The summed E-state index contributed by atoms with van der Waals surface area (Å²) in [6, 6.07) is 9.67. The fraction of sp³-hybridized carbons (Fsp3) is 0.333. The Hall–Kier alpha value is -3.72. The van der Waals surface area contributed by atoms with Gasteiger partial charge in [0.1, 0.15) is 12.4 Å². The molecule has 0 atom stereocenters. The molecule has 33 heavy (non-hydrogen) atoms. The van der Waals surface area contributed by atoms with Gasteiger partial charge in [-0.05, 0) is 49.1 Å². The Morgan fingerprint density at radius 2 is 1.88 bits per heavy atom. The normalized spacial score (nSPS) is 14.0. The summed E-state index contributed by atoms with van der Waals surface area (Å²) in [4.78, 5) is 24.8. The van der Waals surface area contributed by atoms with E-state index in [4.69, 9.17) is 19.2 Å². The largest absolute Gasteiger partial charge is 0.497 e. The van der Waals surface area contributed by atoms with E-state index >= 15 is 0 Å². The molecule has 1 saturated heterocycles. The summed E-state index contributed by atoms with van der Waals surface area (Å²) in [5.74, 6) is 0.903. The zero-order chi connectivity index (χ0) is 23.2. The number of aromatic nitrogens is 3. The average molecular weight is 450 g/mol. The molecule has 1 aliphatic heterocycles. The highest BCUT2D eigenvalue weighted by Crippen LogP contribution is 2.34. The molecule has 0 spiro atoms. The topological polar surface area (TPSA) is 116 Å². The number of hydrogen-bond acceptors (Lipinski definition) is 7. The summed E-state index contributed by atoms with van der Waals surface area (Å²) >= 11 is 0. The van der Waals surface area contributed by atoms with Crippen LogP contribution in [0, 0.1) is 6.92 Å². The third-order valence-electron chi connectivity index (χ3n) is 5.52. The highest BCUT2D eigenvalue weighted by atomic mass is 16.5. The molecule has 9 heteroatoms. The van der Waals surface area contributed by atoms with Crippen molar-refractivity contribution in [3.63, 3.8) is 0 Å². The van der Waals surface area contributed by atoms with Crippen LogP contribution in [-0.2, 0) is 11.3 Å². The number of nitrogens with zero attached hydrogens (tertiary/aromatic N) is 3.